The fraction of sp³-hybridized carbons (Fsp3) is 1.00. The predicted molar refractivity (Wildman–Crippen MR) is 46.1 cm³/mol. The van der Waals surface area contributed by atoms with Crippen LogP contribution < -0.4 is 0 Å². The highest BCUT2D eigenvalue weighted by Gasteiger charge is 2.73. The number of hydrogen-bond acceptors (Lipinski definition) is 2. The third-order valence-corrected chi connectivity index (χ3v) is 2.60. The van der Waals surface area contributed by atoms with Crippen LogP contribution in [0.1, 0.15) is 19.3 Å². The molecule has 1 aliphatic heterocycles. The fourth-order valence-electron chi connectivity index (χ4n) is 1.74. The number of halogens is 6. The molecule has 0 aromatic rings. The molecule has 0 unspecified atom stereocenters. The molecule has 1 heterocycles. The SMILES string of the molecule is O.OC(N1CCCCC1)(C(F)(F)F)C(F)(F)F. The van der Waals surface area contributed by atoms with E-state index in [1.165, 1.54) is 0 Å². The molecule has 0 aromatic heterocycles. The van der Waals surface area contributed by atoms with Crippen molar-refractivity contribution in [2.24, 2.45) is 0 Å². The van der Waals surface area contributed by atoms with Crippen molar-refractivity contribution in [3.63, 3.8) is 0 Å². The van der Waals surface area contributed by atoms with Crippen LogP contribution >= 0.6 is 0 Å². The Bertz CT molecular complexity index is 231. The molecule has 104 valence electrons. The molecule has 3 nitrogen and oxygen atoms in total. The maximum atomic E-state index is 12.4. The minimum Gasteiger partial charge on any atom is -0.412 e. The van der Waals surface area contributed by atoms with Gasteiger partial charge in [-0.3, -0.25) is 4.90 Å². The van der Waals surface area contributed by atoms with Crippen molar-refractivity contribution in [2.75, 3.05) is 13.1 Å². The summed E-state index contributed by atoms with van der Waals surface area (Å²) in [6.45, 7) is -0.814. The molecule has 0 aliphatic carbocycles. The Hall–Kier alpha value is -0.540. The average Bonchev–Trinajstić information content (AvgIpc) is 2.14. The minimum absolute atomic E-state index is 0. The largest absolute Gasteiger partial charge is 0.440 e. The topological polar surface area (TPSA) is 55.0 Å². The van der Waals surface area contributed by atoms with Gasteiger partial charge in [0.15, 0.2) is 0 Å². The van der Waals surface area contributed by atoms with Gasteiger partial charge in [-0.05, 0) is 12.8 Å². The van der Waals surface area contributed by atoms with E-state index in [0.717, 1.165) is 0 Å². The van der Waals surface area contributed by atoms with Gasteiger partial charge in [0, 0.05) is 13.1 Å². The lowest BCUT2D eigenvalue weighted by molar-refractivity contribution is -0.417. The van der Waals surface area contributed by atoms with E-state index in [0.29, 0.717) is 6.42 Å². The summed E-state index contributed by atoms with van der Waals surface area (Å²) in [6.07, 6.45) is -10.5. The second-order valence-electron chi connectivity index (χ2n) is 3.72. The molecule has 0 radical (unpaired) electrons. The van der Waals surface area contributed by atoms with Gasteiger partial charge in [-0.2, -0.15) is 26.3 Å². The molecule has 0 spiro atoms. The van der Waals surface area contributed by atoms with Gasteiger partial charge in [0.05, 0.1) is 0 Å². The summed E-state index contributed by atoms with van der Waals surface area (Å²) in [5, 5.41) is 8.98. The van der Waals surface area contributed by atoms with Crippen LogP contribution in [0.2, 0.25) is 0 Å². The van der Waals surface area contributed by atoms with Crippen LogP contribution in [0.5, 0.6) is 0 Å². The molecule has 0 amide bonds. The van der Waals surface area contributed by atoms with Gasteiger partial charge in [-0.25, -0.2) is 0 Å². The predicted octanol–water partition coefficient (Wildman–Crippen LogP) is 1.46. The van der Waals surface area contributed by atoms with Gasteiger partial charge in [0.1, 0.15) is 0 Å². The molecule has 0 saturated carbocycles. The Morgan fingerprint density at radius 2 is 1.12 bits per heavy atom. The maximum absolute atomic E-state index is 12.4. The van der Waals surface area contributed by atoms with Crippen molar-refractivity contribution in [3.8, 4) is 0 Å². The molecule has 0 atom stereocenters. The van der Waals surface area contributed by atoms with Crippen molar-refractivity contribution in [2.45, 2.75) is 37.3 Å². The molecule has 0 aromatic carbocycles. The van der Waals surface area contributed by atoms with E-state index in [-0.39, 0.29) is 23.2 Å². The Labute approximate surface area is 93.3 Å². The number of nitrogens with zero attached hydrogens (tertiary/aromatic N) is 1. The molecular formula is C8H13F6NO2. The van der Waals surface area contributed by atoms with E-state index in [2.05, 4.69) is 0 Å². The van der Waals surface area contributed by atoms with E-state index in [1.54, 1.807) is 0 Å². The number of rotatable bonds is 1. The van der Waals surface area contributed by atoms with Gasteiger partial charge in [-0.15, -0.1) is 0 Å². The summed E-state index contributed by atoms with van der Waals surface area (Å²) >= 11 is 0. The van der Waals surface area contributed by atoms with Crippen LogP contribution in [0, 0.1) is 0 Å². The third kappa shape index (κ3) is 2.83. The molecular weight excluding hydrogens is 256 g/mol. The standard InChI is InChI=1S/C8H11F6NO.H2O/c9-7(10,11)6(16,8(12,13)14)15-4-2-1-3-5-15;/h16H,1-5H2;1H2. The average molecular weight is 269 g/mol. The monoisotopic (exact) mass is 269 g/mol. The van der Waals surface area contributed by atoms with Crippen LogP contribution in [0.15, 0.2) is 0 Å². The first kappa shape index (κ1) is 16.5. The van der Waals surface area contributed by atoms with E-state index in [9.17, 15) is 26.3 Å². The first-order valence-electron chi connectivity index (χ1n) is 4.71. The summed E-state index contributed by atoms with van der Waals surface area (Å²) < 4.78 is 74.2. The summed E-state index contributed by atoms with van der Waals surface area (Å²) in [5.41, 5.74) is -4.72. The van der Waals surface area contributed by atoms with Crippen LogP contribution in [0.25, 0.3) is 0 Å². The minimum atomic E-state index is -5.75. The number of piperidine rings is 1. The highest BCUT2D eigenvalue weighted by molar-refractivity contribution is 4.94. The fourth-order valence-corrected chi connectivity index (χ4v) is 1.74. The molecule has 17 heavy (non-hydrogen) atoms. The number of aliphatic hydroxyl groups is 1. The highest BCUT2D eigenvalue weighted by Crippen LogP contribution is 2.45. The zero-order chi connectivity index (χ0) is 12.6. The molecule has 3 N–H and O–H groups in total. The molecule has 9 heteroatoms. The van der Waals surface area contributed by atoms with Crippen LogP contribution in [-0.2, 0) is 0 Å². The van der Waals surface area contributed by atoms with E-state index < -0.39 is 31.2 Å². The Morgan fingerprint density at radius 1 is 0.765 bits per heavy atom. The van der Waals surface area contributed by atoms with E-state index in [4.69, 9.17) is 5.11 Å². The van der Waals surface area contributed by atoms with Gasteiger partial charge >= 0.3 is 18.1 Å². The Kier molecular flexibility index (Phi) is 4.83. The van der Waals surface area contributed by atoms with E-state index >= 15 is 0 Å². The number of likely N-dealkylation sites (tertiary alicyclic amines) is 1. The second-order valence-corrected chi connectivity index (χ2v) is 3.72. The molecule has 1 aliphatic rings. The number of hydrogen-bond donors (Lipinski definition) is 1. The molecule has 0 bridgehead atoms. The summed E-state index contributed by atoms with van der Waals surface area (Å²) in [4.78, 5) is 0.0521. The van der Waals surface area contributed by atoms with Crippen molar-refractivity contribution in [1.29, 1.82) is 0 Å². The van der Waals surface area contributed by atoms with Gasteiger partial charge in [0.25, 0.3) is 0 Å². The lowest BCUT2D eigenvalue weighted by Gasteiger charge is -2.43. The molecule has 1 fully saturated rings. The number of alkyl halides is 6. The van der Waals surface area contributed by atoms with Crippen molar-refractivity contribution in [3.05, 3.63) is 0 Å². The quantitative estimate of drug-likeness (QED) is 0.733. The first-order chi connectivity index (χ1) is 7.11. The second kappa shape index (κ2) is 4.99. The smallest absolute Gasteiger partial charge is 0.412 e. The zero-order valence-corrected chi connectivity index (χ0v) is 8.70. The highest BCUT2D eigenvalue weighted by atomic mass is 19.4. The van der Waals surface area contributed by atoms with E-state index in [1.807, 2.05) is 0 Å². The lowest BCUT2D eigenvalue weighted by atomic mass is 10.0. The third-order valence-electron chi connectivity index (χ3n) is 2.60. The normalized spacial score (nSPS) is 19.9. The summed E-state index contributed by atoms with van der Waals surface area (Å²) in [5.74, 6) is 0. The summed E-state index contributed by atoms with van der Waals surface area (Å²) in [6, 6.07) is 0. The van der Waals surface area contributed by atoms with Gasteiger partial charge < -0.3 is 10.6 Å². The summed E-state index contributed by atoms with van der Waals surface area (Å²) in [7, 11) is 0. The van der Waals surface area contributed by atoms with Crippen LogP contribution in [-0.4, -0.2) is 46.6 Å². The first-order valence-corrected chi connectivity index (χ1v) is 4.71. The molecule has 1 rings (SSSR count). The lowest BCUT2D eigenvalue weighted by Crippen LogP contribution is -2.68. The van der Waals surface area contributed by atoms with Crippen molar-refractivity contribution < 1.29 is 36.9 Å². The van der Waals surface area contributed by atoms with Crippen molar-refractivity contribution in [1.82, 2.24) is 4.90 Å². The molecule has 1 saturated heterocycles. The maximum Gasteiger partial charge on any atom is 0.440 e. The van der Waals surface area contributed by atoms with Crippen molar-refractivity contribution >= 4 is 0 Å². The zero-order valence-electron chi connectivity index (χ0n) is 8.70. The van der Waals surface area contributed by atoms with Gasteiger partial charge in [-0.1, -0.05) is 6.42 Å². The van der Waals surface area contributed by atoms with Crippen LogP contribution in [0.4, 0.5) is 26.3 Å². The Balaban J connectivity index is 0.00000256. The van der Waals surface area contributed by atoms with Gasteiger partial charge in [0.2, 0.25) is 0 Å². The Morgan fingerprint density at radius 3 is 1.41 bits per heavy atom. The van der Waals surface area contributed by atoms with Crippen LogP contribution in [0.3, 0.4) is 0 Å².